The first kappa shape index (κ1) is 20.2. The van der Waals surface area contributed by atoms with Crippen molar-refractivity contribution in [1.29, 1.82) is 0 Å². The predicted octanol–water partition coefficient (Wildman–Crippen LogP) is 2.00. The summed E-state index contributed by atoms with van der Waals surface area (Å²) in [6.07, 6.45) is 1.16. The molecule has 0 saturated carbocycles. The van der Waals surface area contributed by atoms with Gasteiger partial charge in [0.2, 0.25) is 0 Å². The van der Waals surface area contributed by atoms with E-state index in [1.165, 1.54) is 14.0 Å². The van der Waals surface area contributed by atoms with E-state index in [9.17, 15) is 14.0 Å². The van der Waals surface area contributed by atoms with Gasteiger partial charge in [0, 0.05) is 13.6 Å². The summed E-state index contributed by atoms with van der Waals surface area (Å²) in [5.41, 5.74) is 0. The maximum atomic E-state index is 11.6. The van der Waals surface area contributed by atoms with Gasteiger partial charge in [-0.1, -0.05) is 26.7 Å². The van der Waals surface area contributed by atoms with Crippen molar-refractivity contribution in [2.75, 3.05) is 13.6 Å². The van der Waals surface area contributed by atoms with Gasteiger partial charge in [-0.25, -0.2) is 9.13 Å². The first-order valence-electron chi connectivity index (χ1n) is 6.25. The number of hydrogen-bond donors (Lipinski definition) is 3. The van der Waals surface area contributed by atoms with Gasteiger partial charge in [-0.05, 0) is 12.8 Å². The second-order valence-electron chi connectivity index (χ2n) is 4.15. The molecule has 0 radical (unpaired) electrons. The smallest absolute Gasteiger partial charge is 0.303 e. The molecule has 0 aliphatic carbocycles. The SMILES string of the molecule is CCCCCN(C)OP(=O)(O)OC(CC)OP(=O)(O)O. The average Bonchev–Trinajstić information content (AvgIpc) is 2.25. The molecule has 0 rings (SSSR count). The number of unbranched alkanes of at least 4 members (excludes halogenated alkanes) is 2. The fourth-order valence-electron chi connectivity index (χ4n) is 1.29. The molecule has 0 bridgehead atoms. The maximum Gasteiger partial charge on any atom is 0.491 e. The molecule has 9 nitrogen and oxygen atoms in total. The highest BCUT2D eigenvalue weighted by atomic mass is 31.2. The summed E-state index contributed by atoms with van der Waals surface area (Å²) < 4.78 is 35.8. The van der Waals surface area contributed by atoms with Crippen molar-refractivity contribution < 1.29 is 37.5 Å². The lowest BCUT2D eigenvalue weighted by Gasteiger charge is -2.23. The molecule has 0 aliphatic heterocycles. The first-order chi connectivity index (χ1) is 9.09. The normalized spacial score (nSPS) is 17.1. The maximum absolute atomic E-state index is 11.6. The fraction of sp³-hybridized carbons (Fsp3) is 1.00. The molecule has 2 unspecified atom stereocenters. The summed E-state index contributed by atoms with van der Waals surface area (Å²) in [6.45, 7) is 3.93. The van der Waals surface area contributed by atoms with Crippen molar-refractivity contribution in [2.45, 2.75) is 45.8 Å². The van der Waals surface area contributed by atoms with Crippen LogP contribution in [0.1, 0.15) is 39.5 Å². The van der Waals surface area contributed by atoms with Crippen LogP contribution in [0.15, 0.2) is 0 Å². The van der Waals surface area contributed by atoms with Crippen LogP contribution in [0.4, 0.5) is 0 Å². The summed E-state index contributed by atoms with van der Waals surface area (Å²) in [5.74, 6) is 0. The van der Waals surface area contributed by atoms with Gasteiger partial charge >= 0.3 is 15.6 Å². The molecule has 0 aromatic rings. The van der Waals surface area contributed by atoms with Crippen LogP contribution in [-0.2, 0) is 22.8 Å². The Hall–Kier alpha value is 0.180. The third-order valence-electron chi connectivity index (χ3n) is 2.16. The highest BCUT2D eigenvalue weighted by molar-refractivity contribution is 7.47. The average molecular weight is 335 g/mol. The molecule has 0 aromatic heterocycles. The number of rotatable bonds is 11. The van der Waals surface area contributed by atoms with E-state index in [2.05, 4.69) is 9.05 Å². The Morgan fingerprint density at radius 3 is 2.15 bits per heavy atom. The molecular weight excluding hydrogens is 312 g/mol. The van der Waals surface area contributed by atoms with Crippen molar-refractivity contribution in [3.63, 3.8) is 0 Å². The molecule has 0 heterocycles. The van der Waals surface area contributed by atoms with E-state index in [4.69, 9.17) is 14.4 Å². The lowest BCUT2D eigenvalue weighted by atomic mass is 10.2. The van der Waals surface area contributed by atoms with Gasteiger partial charge in [-0.15, -0.1) is 0 Å². The highest BCUT2D eigenvalue weighted by Crippen LogP contribution is 2.49. The summed E-state index contributed by atoms with van der Waals surface area (Å²) in [6, 6.07) is 0. The van der Waals surface area contributed by atoms with Crippen molar-refractivity contribution >= 4 is 15.6 Å². The molecular formula is C9H23NO8P2. The van der Waals surface area contributed by atoms with E-state index in [1.807, 2.05) is 6.92 Å². The van der Waals surface area contributed by atoms with E-state index in [-0.39, 0.29) is 6.42 Å². The monoisotopic (exact) mass is 335 g/mol. The summed E-state index contributed by atoms with van der Waals surface area (Å²) >= 11 is 0. The molecule has 122 valence electrons. The Kier molecular flexibility index (Phi) is 9.33. The second kappa shape index (κ2) is 9.25. The standard InChI is InChI=1S/C9H23NO8P2/c1-4-6-7-8-10(3)18-20(14,15)17-9(5-2)16-19(11,12)13/h9H,4-8H2,1-3H3,(H,14,15)(H2,11,12,13). The summed E-state index contributed by atoms with van der Waals surface area (Å²) in [7, 11) is -7.84. The van der Waals surface area contributed by atoms with E-state index < -0.39 is 21.9 Å². The van der Waals surface area contributed by atoms with Gasteiger partial charge in [-0.2, -0.15) is 9.69 Å². The molecule has 0 saturated heterocycles. The minimum absolute atomic E-state index is 0.0292. The van der Waals surface area contributed by atoms with Crippen molar-refractivity contribution in [3.8, 4) is 0 Å². The zero-order chi connectivity index (χ0) is 15.8. The third kappa shape index (κ3) is 10.9. The quantitative estimate of drug-likeness (QED) is 0.225. The summed E-state index contributed by atoms with van der Waals surface area (Å²) in [4.78, 5) is 26.7. The Bertz CT molecular complexity index is 360. The van der Waals surface area contributed by atoms with Crippen LogP contribution < -0.4 is 0 Å². The molecule has 0 amide bonds. The molecule has 20 heavy (non-hydrogen) atoms. The van der Waals surface area contributed by atoms with Gasteiger partial charge in [0.1, 0.15) is 0 Å². The Balaban J connectivity index is 4.33. The highest BCUT2D eigenvalue weighted by Gasteiger charge is 2.32. The van der Waals surface area contributed by atoms with Crippen molar-refractivity contribution in [3.05, 3.63) is 0 Å². The van der Waals surface area contributed by atoms with Crippen molar-refractivity contribution in [2.24, 2.45) is 0 Å². The molecule has 0 aromatic carbocycles. The molecule has 11 heteroatoms. The van der Waals surface area contributed by atoms with Crippen LogP contribution in [0.5, 0.6) is 0 Å². The van der Waals surface area contributed by atoms with Gasteiger partial charge in [-0.3, -0.25) is 9.05 Å². The number of nitrogens with zero attached hydrogens (tertiary/aromatic N) is 1. The van der Waals surface area contributed by atoms with E-state index in [0.29, 0.717) is 6.54 Å². The minimum Gasteiger partial charge on any atom is -0.303 e. The van der Waals surface area contributed by atoms with Crippen LogP contribution >= 0.6 is 15.6 Å². The van der Waals surface area contributed by atoms with E-state index in [0.717, 1.165) is 24.3 Å². The minimum atomic E-state index is -4.81. The van der Waals surface area contributed by atoms with Crippen LogP contribution in [0.2, 0.25) is 0 Å². The number of hydrogen-bond acceptors (Lipinski definition) is 6. The summed E-state index contributed by atoms with van der Waals surface area (Å²) in [5, 5.41) is 1.15. The van der Waals surface area contributed by atoms with Crippen LogP contribution in [0.3, 0.4) is 0 Å². The first-order valence-corrected chi connectivity index (χ1v) is 9.28. The van der Waals surface area contributed by atoms with E-state index in [1.54, 1.807) is 0 Å². The van der Waals surface area contributed by atoms with Crippen molar-refractivity contribution in [1.82, 2.24) is 5.06 Å². The fourth-order valence-corrected chi connectivity index (χ4v) is 2.82. The molecule has 2 atom stereocenters. The van der Waals surface area contributed by atoms with Crippen LogP contribution in [0.25, 0.3) is 0 Å². The predicted molar refractivity (Wildman–Crippen MR) is 71.4 cm³/mol. The number of phosphoric ester groups is 2. The van der Waals surface area contributed by atoms with Gasteiger partial charge in [0.15, 0.2) is 6.29 Å². The largest absolute Gasteiger partial charge is 0.491 e. The van der Waals surface area contributed by atoms with E-state index >= 15 is 0 Å². The molecule has 0 fully saturated rings. The van der Waals surface area contributed by atoms with Gasteiger partial charge in [0.05, 0.1) is 0 Å². The lowest BCUT2D eigenvalue weighted by Crippen LogP contribution is -2.22. The van der Waals surface area contributed by atoms with Crippen LogP contribution in [0, 0.1) is 0 Å². The van der Waals surface area contributed by atoms with Crippen LogP contribution in [-0.4, -0.2) is 39.6 Å². The Morgan fingerprint density at radius 2 is 1.70 bits per heavy atom. The zero-order valence-electron chi connectivity index (χ0n) is 11.8. The molecule has 0 aliphatic rings. The molecule has 3 N–H and O–H groups in total. The molecule has 0 spiro atoms. The second-order valence-corrected chi connectivity index (χ2v) is 6.65. The third-order valence-corrected chi connectivity index (χ3v) is 3.65. The Labute approximate surface area is 118 Å². The zero-order valence-corrected chi connectivity index (χ0v) is 13.6. The number of hydroxylamine groups is 2. The topological polar surface area (TPSA) is 126 Å². The lowest BCUT2D eigenvalue weighted by molar-refractivity contribution is -0.0994. The van der Waals surface area contributed by atoms with Gasteiger partial charge < -0.3 is 14.7 Å². The Morgan fingerprint density at radius 1 is 1.10 bits per heavy atom. The van der Waals surface area contributed by atoms with Gasteiger partial charge in [0.25, 0.3) is 0 Å². The number of phosphoric acid groups is 2.